The average molecular weight is 238 g/mol. The summed E-state index contributed by atoms with van der Waals surface area (Å²) >= 11 is 0. The maximum Gasteiger partial charge on any atom is 0.123 e. The Morgan fingerprint density at radius 1 is 1.18 bits per heavy atom. The molecule has 1 aromatic rings. The van der Waals surface area contributed by atoms with Crippen molar-refractivity contribution in [2.45, 2.75) is 58.0 Å². The summed E-state index contributed by atoms with van der Waals surface area (Å²) in [4.78, 5) is 0. The molecule has 0 saturated carbocycles. The lowest BCUT2D eigenvalue weighted by molar-refractivity contribution is 0.0445. The van der Waals surface area contributed by atoms with Crippen molar-refractivity contribution >= 4 is 0 Å². The average Bonchev–Trinajstić information content (AvgIpc) is 2.29. The van der Waals surface area contributed by atoms with E-state index in [4.69, 9.17) is 0 Å². The first-order valence-corrected chi connectivity index (χ1v) is 6.54. The molecule has 0 aliphatic heterocycles. The van der Waals surface area contributed by atoms with E-state index in [9.17, 15) is 9.50 Å². The minimum atomic E-state index is -0.908. The molecule has 1 nitrogen and oxygen atoms in total. The Morgan fingerprint density at radius 2 is 1.88 bits per heavy atom. The van der Waals surface area contributed by atoms with Crippen molar-refractivity contribution in [2.75, 3.05) is 0 Å². The number of hydrogen-bond donors (Lipinski definition) is 1. The molecule has 0 amide bonds. The van der Waals surface area contributed by atoms with Crippen LogP contribution in [0.2, 0.25) is 0 Å². The third kappa shape index (κ3) is 4.86. The van der Waals surface area contributed by atoms with Crippen LogP contribution in [0.1, 0.15) is 57.9 Å². The fraction of sp³-hybridized carbons (Fsp3) is 0.600. The van der Waals surface area contributed by atoms with Gasteiger partial charge in [0, 0.05) is 0 Å². The van der Waals surface area contributed by atoms with Gasteiger partial charge in [-0.3, -0.25) is 0 Å². The molecule has 1 unspecified atom stereocenters. The van der Waals surface area contributed by atoms with Crippen molar-refractivity contribution in [3.63, 3.8) is 0 Å². The van der Waals surface area contributed by atoms with Crippen LogP contribution in [0.3, 0.4) is 0 Å². The van der Waals surface area contributed by atoms with Gasteiger partial charge in [0.25, 0.3) is 0 Å². The van der Waals surface area contributed by atoms with E-state index in [2.05, 4.69) is 6.92 Å². The van der Waals surface area contributed by atoms with E-state index < -0.39 is 5.60 Å². The maximum absolute atomic E-state index is 13.1. The van der Waals surface area contributed by atoms with Gasteiger partial charge in [-0.1, -0.05) is 51.2 Å². The van der Waals surface area contributed by atoms with Crippen molar-refractivity contribution in [1.82, 2.24) is 0 Å². The Labute approximate surface area is 104 Å². The SMILES string of the molecule is CCCCCCCC(C)(O)c1cccc(F)c1. The fourth-order valence-corrected chi connectivity index (χ4v) is 2.04. The van der Waals surface area contributed by atoms with E-state index in [1.807, 2.05) is 0 Å². The molecule has 1 atom stereocenters. The monoisotopic (exact) mass is 238 g/mol. The smallest absolute Gasteiger partial charge is 0.123 e. The van der Waals surface area contributed by atoms with Crippen LogP contribution in [-0.2, 0) is 5.60 Å². The van der Waals surface area contributed by atoms with Crippen LogP contribution in [0, 0.1) is 5.82 Å². The first kappa shape index (κ1) is 14.2. The quantitative estimate of drug-likeness (QED) is 0.698. The number of rotatable bonds is 7. The van der Waals surface area contributed by atoms with E-state index >= 15 is 0 Å². The number of unbranched alkanes of at least 4 members (excludes halogenated alkanes) is 4. The lowest BCUT2D eigenvalue weighted by Gasteiger charge is -2.23. The minimum absolute atomic E-state index is 0.284. The van der Waals surface area contributed by atoms with Crippen LogP contribution in [0.5, 0.6) is 0 Å². The van der Waals surface area contributed by atoms with E-state index in [-0.39, 0.29) is 5.82 Å². The van der Waals surface area contributed by atoms with Gasteiger partial charge in [0.2, 0.25) is 0 Å². The minimum Gasteiger partial charge on any atom is -0.385 e. The van der Waals surface area contributed by atoms with Crippen LogP contribution in [-0.4, -0.2) is 5.11 Å². The summed E-state index contributed by atoms with van der Waals surface area (Å²) in [5.74, 6) is -0.284. The molecule has 1 N–H and O–H groups in total. The Hall–Kier alpha value is -0.890. The van der Waals surface area contributed by atoms with Gasteiger partial charge in [-0.2, -0.15) is 0 Å². The summed E-state index contributed by atoms with van der Waals surface area (Å²) in [6.07, 6.45) is 6.51. The molecule has 17 heavy (non-hydrogen) atoms. The van der Waals surface area contributed by atoms with Crippen LogP contribution in [0.4, 0.5) is 4.39 Å². The van der Waals surface area contributed by atoms with Gasteiger partial charge in [0.05, 0.1) is 5.60 Å². The Morgan fingerprint density at radius 3 is 2.53 bits per heavy atom. The highest BCUT2D eigenvalue weighted by molar-refractivity contribution is 5.22. The zero-order valence-electron chi connectivity index (χ0n) is 10.9. The topological polar surface area (TPSA) is 20.2 Å². The summed E-state index contributed by atoms with van der Waals surface area (Å²) in [6.45, 7) is 3.95. The highest BCUT2D eigenvalue weighted by atomic mass is 19.1. The van der Waals surface area contributed by atoms with E-state index in [0.717, 1.165) is 12.8 Å². The van der Waals surface area contributed by atoms with Gasteiger partial charge in [-0.15, -0.1) is 0 Å². The second kappa shape index (κ2) is 6.75. The lowest BCUT2D eigenvalue weighted by Crippen LogP contribution is -2.21. The van der Waals surface area contributed by atoms with Gasteiger partial charge in [-0.25, -0.2) is 4.39 Å². The summed E-state index contributed by atoms with van der Waals surface area (Å²) in [7, 11) is 0. The van der Waals surface area contributed by atoms with Gasteiger partial charge in [-0.05, 0) is 31.0 Å². The van der Waals surface area contributed by atoms with Crippen molar-refractivity contribution in [2.24, 2.45) is 0 Å². The second-order valence-electron chi connectivity index (χ2n) is 4.95. The molecular weight excluding hydrogens is 215 g/mol. The molecule has 0 radical (unpaired) electrons. The lowest BCUT2D eigenvalue weighted by atomic mass is 9.90. The number of halogens is 1. The number of benzene rings is 1. The number of aliphatic hydroxyl groups is 1. The molecule has 0 aliphatic rings. The zero-order valence-corrected chi connectivity index (χ0v) is 10.9. The summed E-state index contributed by atoms with van der Waals surface area (Å²) < 4.78 is 13.1. The summed E-state index contributed by atoms with van der Waals surface area (Å²) in [6, 6.07) is 6.26. The van der Waals surface area contributed by atoms with Gasteiger partial charge >= 0.3 is 0 Å². The standard InChI is InChI=1S/C15H23FO/c1-3-4-5-6-7-11-15(2,17)13-9-8-10-14(16)12-13/h8-10,12,17H,3-7,11H2,1-2H3. The largest absolute Gasteiger partial charge is 0.385 e. The van der Waals surface area contributed by atoms with Crippen LogP contribution >= 0.6 is 0 Å². The predicted octanol–water partition coefficient (Wildman–Crippen LogP) is 4.39. The Balaban J connectivity index is 2.45. The van der Waals surface area contributed by atoms with Gasteiger partial charge in [0.15, 0.2) is 0 Å². The van der Waals surface area contributed by atoms with Crippen LogP contribution in [0.15, 0.2) is 24.3 Å². The molecule has 0 saturated heterocycles. The molecule has 0 heterocycles. The zero-order chi connectivity index (χ0) is 12.7. The molecule has 0 fully saturated rings. The molecule has 0 aromatic heterocycles. The molecular formula is C15H23FO. The fourth-order valence-electron chi connectivity index (χ4n) is 2.04. The van der Waals surface area contributed by atoms with Crippen LogP contribution in [0.25, 0.3) is 0 Å². The third-order valence-corrected chi connectivity index (χ3v) is 3.21. The van der Waals surface area contributed by atoms with E-state index in [1.54, 1.807) is 19.1 Å². The van der Waals surface area contributed by atoms with Gasteiger partial charge in [0.1, 0.15) is 5.82 Å². The molecule has 0 bridgehead atoms. The maximum atomic E-state index is 13.1. The highest BCUT2D eigenvalue weighted by Gasteiger charge is 2.22. The van der Waals surface area contributed by atoms with Crippen LogP contribution < -0.4 is 0 Å². The van der Waals surface area contributed by atoms with E-state index in [1.165, 1.54) is 31.4 Å². The molecule has 0 aliphatic carbocycles. The normalized spacial score (nSPS) is 14.6. The molecule has 1 aromatic carbocycles. The Bertz CT molecular complexity index is 333. The highest BCUT2D eigenvalue weighted by Crippen LogP contribution is 2.27. The first-order chi connectivity index (χ1) is 8.06. The Kier molecular flexibility index (Phi) is 5.63. The number of hydrogen-bond acceptors (Lipinski definition) is 1. The van der Waals surface area contributed by atoms with Crippen molar-refractivity contribution in [1.29, 1.82) is 0 Å². The third-order valence-electron chi connectivity index (χ3n) is 3.21. The molecule has 0 spiro atoms. The summed E-state index contributed by atoms with van der Waals surface area (Å²) in [5.41, 5.74) is -0.234. The van der Waals surface area contributed by atoms with Gasteiger partial charge < -0.3 is 5.11 Å². The summed E-state index contributed by atoms with van der Waals surface area (Å²) in [5, 5.41) is 10.3. The first-order valence-electron chi connectivity index (χ1n) is 6.54. The van der Waals surface area contributed by atoms with E-state index in [0.29, 0.717) is 12.0 Å². The molecule has 2 heteroatoms. The molecule has 96 valence electrons. The molecule has 1 rings (SSSR count). The predicted molar refractivity (Wildman–Crippen MR) is 69.3 cm³/mol. The van der Waals surface area contributed by atoms with Crippen molar-refractivity contribution in [3.8, 4) is 0 Å². The van der Waals surface area contributed by atoms with Crippen molar-refractivity contribution < 1.29 is 9.50 Å². The second-order valence-corrected chi connectivity index (χ2v) is 4.95. The van der Waals surface area contributed by atoms with Crippen molar-refractivity contribution in [3.05, 3.63) is 35.6 Å².